The predicted octanol–water partition coefficient (Wildman–Crippen LogP) is 4.00. The van der Waals surface area contributed by atoms with Gasteiger partial charge < -0.3 is 10.1 Å². The zero-order valence-corrected chi connectivity index (χ0v) is 13.8. The van der Waals surface area contributed by atoms with Gasteiger partial charge in [-0.1, -0.05) is 12.1 Å². The summed E-state index contributed by atoms with van der Waals surface area (Å²) in [5, 5.41) is 8.04. The fraction of sp³-hybridized carbons (Fsp3) is 0.471. The Kier molecular flexibility index (Phi) is 4.56. The van der Waals surface area contributed by atoms with E-state index in [1.807, 2.05) is 43.8 Å². The van der Waals surface area contributed by atoms with Crippen molar-refractivity contribution in [1.82, 2.24) is 9.78 Å². The first kappa shape index (κ1) is 15.4. The number of ether oxygens (including phenoxy) is 1. The largest absolute Gasteiger partial charge is 0.489 e. The third-order valence-electron chi connectivity index (χ3n) is 3.62. The third kappa shape index (κ3) is 3.38. The van der Waals surface area contributed by atoms with Gasteiger partial charge in [-0.05, 0) is 46.8 Å². The Bertz CT molecular complexity index is 616. The average molecular weight is 287 g/mol. The summed E-state index contributed by atoms with van der Waals surface area (Å²) in [6, 6.07) is 8.24. The first-order chi connectivity index (χ1) is 9.90. The van der Waals surface area contributed by atoms with Crippen molar-refractivity contribution in [1.29, 1.82) is 0 Å². The highest BCUT2D eigenvalue weighted by Crippen LogP contribution is 2.30. The van der Waals surface area contributed by atoms with E-state index in [1.165, 1.54) is 11.3 Å². The van der Waals surface area contributed by atoms with Crippen LogP contribution in [-0.4, -0.2) is 15.9 Å². The minimum atomic E-state index is 0.158. The Morgan fingerprint density at radius 3 is 2.38 bits per heavy atom. The summed E-state index contributed by atoms with van der Waals surface area (Å²) in [7, 11) is 1.98. The van der Waals surface area contributed by atoms with Gasteiger partial charge in [-0.3, -0.25) is 4.68 Å². The molecule has 0 saturated carbocycles. The number of para-hydroxylation sites is 2. The van der Waals surface area contributed by atoms with Crippen molar-refractivity contribution in [2.75, 3.05) is 5.32 Å². The maximum atomic E-state index is 5.86. The van der Waals surface area contributed by atoms with Crippen LogP contribution in [0.5, 0.6) is 5.75 Å². The molecule has 0 radical (unpaired) electrons. The van der Waals surface area contributed by atoms with Gasteiger partial charge in [-0.15, -0.1) is 0 Å². The first-order valence-corrected chi connectivity index (χ1v) is 7.42. The van der Waals surface area contributed by atoms with E-state index in [1.54, 1.807) is 0 Å². The minimum Gasteiger partial charge on any atom is -0.489 e. The SMILES string of the molecule is Cc1nn(C)c(C)c1C(C)Nc1ccccc1OC(C)C. The topological polar surface area (TPSA) is 39.1 Å². The molecule has 21 heavy (non-hydrogen) atoms. The van der Waals surface area contributed by atoms with Crippen LogP contribution >= 0.6 is 0 Å². The maximum Gasteiger partial charge on any atom is 0.142 e. The molecule has 0 fully saturated rings. The number of rotatable bonds is 5. The van der Waals surface area contributed by atoms with E-state index in [0.29, 0.717) is 0 Å². The molecule has 1 N–H and O–H groups in total. The standard InChI is InChI=1S/C17H25N3O/c1-11(2)21-16-10-8-7-9-15(16)18-12(3)17-13(4)19-20(6)14(17)5/h7-12,18H,1-6H3. The molecule has 0 aliphatic carbocycles. The molecule has 0 aliphatic heterocycles. The Labute approximate surface area is 127 Å². The molecular weight excluding hydrogens is 262 g/mol. The number of nitrogens with zero attached hydrogens (tertiary/aromatic N) is 2. The normalized spacial score (nSPS) is 12.5. The van der Waals surface area contributed by atoms with Crippen LogP contribution in [0.3, 0.4) is 0 Å². The summed E-state index contributed by atoms with van der Waals surface area (Å²) in [5.74, 6) is 0.888. The van der Waals surface area contributed by atoms with E-state index < -0.39 is 0 Å². The number of hydrogen-bond donors (Lipinski definition) is 1. The van der Waals surface area contributed by atoms with Crippen molar-refractivity contribution < 1.29 is 4.74 Å². The van der Waals surface area contributed by atoms with E-state index in [9.17, 15) is 0 Å². The molecule has 4 heteroatoms. The fourth-order valence-corrected chi connectivity index (χ4v) is 2.66. The Morgan fingerprint density at radius 2 is 1.81 bits per heavy atom. The second-order valence-corrected chi connectivity index (χ2v) is 5.74. The van der Waals surface area contributed by atoms with Gasteiger partial charge in [0, 0.05) is 18.3 Å². The third-order valence-corrected chi connectivity index (χ3v) is 3.62. The molecule has 0 saturated heterocycles. The number of nitrogens with one attached hydrogen (secondary N) is 1. The van der Waals surface area contributed by atoms with E-state index >= 15 is 0 Å². The van der Waals surface area contributed by atoms with Crippen LogP contribution in [0.1, 0.15) is 43.8 Å². The number of benzene rings is 1. The van der Waals surface area contributed by atoms with E-state index in [4.69, 9.17) is 4.74 Å². The van der Waals surface area contributed by atoms with Crippen LogP contribution in [0.4, 0.5) is 5.69 Å². The molecule has 1 aromatic carbocycles. The van der Waals surface area contributed by atoms with Gasteiger partial charge in [0.2, 0.25) is 0 Å². The summed E-state index contributed by atoms with van der Waals surface area (Å²) in [5.41, 5.74) is 4.52. The van der Waals surface area contributed by atoms with Gasteiger partial charge in [0.25, 0.3) is 0 Å². The van der Waals surface area contributed by atoms with Crippen molar-refractivity contribution in [2.45, 2.75) is 46.8 Å². The van der Waals surface area contributed by atoms with E-state index in [0.717, 1.165) is 17.1 Å². The molecule has 0 aliphatic rings. The molecule has 0 amide bonds. The minimum absolute atomic E-state index is 0.158. The number of anilines is 1. The molecule has 0 bridgehead atoms. The van der Waals surface area contributed by atoms with Gasteiger partial charge in [0.05, 0.1) is 23.5 Å². The lowest BCUT2D eigenvalue weighted by molar-refractivity contribution is 0.243. The van der Waals surface area contributed by atoms with Crippen LogP contribution < -0.4 is 10.1 Å². The summed E-state index contributed by atoms with van der Waals surface area (Å²) in [4.78, 5) is 0. The van der Waals surface area contributed by atoms with Gasteiger partial charge in [0.1, 0.15) is 5.75 Å². The van der Waals surface area contributed by atoms with Gasteiger partial charge in [0.15, 0.2) is 0 Å². The maximum absolute atomic E-state index is 5.86. The molecular formula is C17H25N3O. The summed E-state index contributed by atoms with van der Waals surface area (Å²) < 4.78 is 7.79. The fourth-order valence-electron chi connectivity index (χ4n) is 2.66. The first-order valence-electron chi connectivity index (χ1n) is 7.42. The quantitative estimate of drug-likeness (QED) is 0.903. The van der Waals surface area contributed by atoms with Crippen molar-refractivity contribution in [3.63, 3.8) is 0 Å². The van der Waals surface area contributed by atoms with Crippen LogP contribution in [0.15, 0.2) is 24.3 Å². The van der Waals surface area contributed by atoms with Crippen LogP contribution in [0.25, 0.3) is 0 Å². The highest BCUT2D eigenvalue weighted by Gasteiger charge is 2.17. The van der Waals surface area contributed by atoms with E-state index in [2.05, 4.69) is 37.3 Å². The smallest absolute Gasteiger partial charge is 0.142 e. The van der Waals surface area contributed by atoms with E-state index in [-0.39, 0.29) is 12.1 Å². The summed E-state index contributed by atoms with van der Waals surface area (Å²) in [6.07, 6.45) is 0.158. The second-order valence-electron chi connectivity index (χ2n) is 5.74. The average Bonchev–Trinajstić information content (AvgIpc) is 2.65. The molecule has 1 aromatic heterocycles. The van der Waals surface area contributed by atoms with Crippen molar-refractivity contribution >= 4 is 5.69 Å². The lowest BCUT2D eigenvalue weighted by Crippen LogP contribution is -2.12. The second kappa shape index (κ2) is 6.20. The number of aromatic nitrogens is 2. The zero-order valence-electron chi connectivity index (χ0n) is 13.8. The van der Waals surface area contributed by atoms with Crippen LogP contribution in [0, 0.1) is 13.8 Å². The molecule has 1 atom stereocenters. The predicted molar refractivity (Wildman–Crippen MR) is 86.9 cm³/mol. The Morgan fingerprint density at radius 1 is 1.14 bits per heavy atom. The molecule has 2 rings (SSSR count). The lowest BCUT2D eigenvalue weighted by Gasteiger charge is -2.20. The van der Waals surface area contributed by atoms with Crippen LogP contribution in [0.2, 0.25) is 0 Å². The highest BCUT2D eigenvalue weighted by molar-refractivity contribution is 5.57. The molecule has 1 heterocycles. The lowest BCUT2D eigenvalue weighted by atomic mass is 10.1. The van der Waals surface area contributed by atoms with Crippen LogP contribution in [-0.2, 0) is 7.05 Å². The van der Waals surface area contributed by atoms with Gasteiger partial charge in [-0.2, -0.15) is 5.10 Å². The molecule has 114 valence electrons. The van der Waals surface area contributed by atoms with Crippen molar-refractivity contribution in [3.8, 4) is 5.75 Å². The van der Waals surface area contributed by atoms with Crippen molar-refractivity contribution in [3.05, 3.63) is 41.2 Å². The highest BCUT2D eigenvalue weighted by atomic mass is 16.5. The van der Waals surface area contributed by atoms with Gasteiger partial charge in [-0.25, -0.2) is 0 Å². The molecule has 2 aromatic rings. The number of hydrogen-bond acceptors (Lipinski definition) is 3. The molecule has 4 nitrogen and oxygen atoms in total. The number of aryl methyl sites for hydroxylation is 2. The van der Waals surface area contributed by atoms with Gasteiger partial charge >= 0.3 is 0 Å². The Balaban J connectivity index is 2.25. The Hall–Kier alpha value is -1.97. The summed E-state index contributed by atoms with van der Waals surface area (Å²) in [6.45, 7) is 10.4. The van der Waals surface area contributed by atoms with Crippen molar-refractivity contribution in [2.24, 2.45) is 7.05 Å². The summed E-state index contributed by atoms with van der Waals surface area (Å²) >= 11 is 0. The zero-order chi connectivity index (χ0) is 15.6. The molecule has 0 spiro atoms. The monoisotopic (exact) mass is 287 g/mol. The molecule has 1 unspecified atom stereocenters.